The minimum atomic E-state index is -0.217. The molecule has 0 aliphatic heterocycles. The Morgan fingerprint density at radius 3 is 2.42 bits per heavy atom. The van der Waals surface area contributed by atoms with E-state index in [0.29, 0.717) is 10.6 Å². The highest BCUT2D eigenvalue weighted by Gasteiger charge is 2.23. The van der Waals surface area contributed by atoms with E-state index < -0.39 is 0 Å². The van der Waals surface area contributed by atoms with Gasteiger partial charge in [0, 0.05) is 29.1 Å². The van der Waals surface area contributed by atoms with Crippen molar-refractivity contribution in [3.8, 4) is 0 Å². The average Bonchev–Trinajstić information content (AvgIpc) is 2.38. The lowest BCUT2D eigenvalue weighted by Crippen LogP contribution is -3.00. The molecule has 0 saturated carbocycles. The summed E-state index contributed by atoms with van der Waals surface area (Å²) < 4.78 is 1.92. The molecule has 19 heavy (non-hydrogen) atoms. The maximum Gasteiger partial charge on any atom is 0.230 e. The Morgan fingerprint density at radius 2 is 1.84 bits per heavy atom. The van der Waals surface area contributed by atoms with Crippen LogP contribution in [0.1, 0.15) is 28.9 Å². The fourth-order valence-corrected chi connectivity index (χ4v) is 1.97. The van der Waals surface area contributed by atoms with Crippen molar-refractivity contribution in [3.63, 3.8) is 0 Å². The molecule has 1 heterocycles. The molecule has 2 aromatic rings. The lowest BCUT2D eigenvalue weighted by atomic mass is 10.1. The number of aromatic nitrogens is 1. The first kappa shape index (κ1) is 15.9. The molecule has 0 bridgehead atoms. The van der Waals surface area contributed by atoms with Crippen LogP contribution in [0.2, 0.25) is 5.02 Å². The molecule has 0 N–H and O–H groups in total. The molecule has 0 aliphatic carbocycles. The Kier molecular flexibility index (Phi) is 5.70. The summed E-state index contributed by atoms with van der Waals surface area (Å²) >= 11 is 5.82. The predicted molar refractivity (Wildman–Crippen MR) is 71.9 cm³/mol. The Balaban J connectivity index is 0.00000180. The van der Waals surface area contributed by atoms with Crippen molar-refractivity contribution < 1.29 is 26.3 Å². The minimum Gasteiger partial charge on any atom is -1.00 e. The van der Waals surface area contributed by atoms with Crippen molar-refractivity contribution in [2.75, 3.05) is 0 Å². The summed E-state index contributed by atoms with van der Waals surface area (Å²) in [5.74, 6) is 0.0854. The highest BCUT2D eigenvalue weighted by Crippen LogP contribution is 2.13. The van der Waals surface area contributed by atoms with E-state index >= 15 is 0 Å². The van der Waals surface area contributed by atoms with Gasteiger partial charge >= 0.3 is 0 Å². The number of carbonyl (C=O) groups is 1. The summed E-state index contributed by atoms with van der Waals surface area (Å²) in [6, 6.07) is 10.7. The minimum absolute atomic E-state index is 0. The van der Waals surface area contributed by atoms with Gasteiger partial charge in [0.25, 0.3) is 0 Å². The number of hydrogen-bond donors (Lipinski definition) is 0. The smallest absolute Gasteiger partial charge is 0.230 e. The Labute approximate surface area is 128 Å². The van der Waals surface area contributed by atoms with Crippen molar-refractivity contribution in [1.82, 2.24) is 0 Å². The Hall–Kier alpha value is -1.19. The van der Waals surface area contributed by atoms with Crippen molar-refractivity contribution >= 4 is 17.4 Å². The van der Waals surface area contributed by atoms with E-state index in [2.05, 4.69) is 0 Å². The van der Waals surface area contributed by atoms with Gasteiger partial charge in [-0.2, -0.15) is 4.57 Å². The van der Waals surface area contributed by atoms with Crippen LogP contribution in [0.25, 0.3) is 0 Å². The molecule has 100 valence electrons. The van der Waals surface area contributed by atoms with Gasteiger partial charge in [0.15, 0.2) is 12.4 Å². The monoisotopic (exact) mass is 339 g/mol. The van der Waals surface area contributed by atoms with Crippen LogP contribution in [0.3, 0.4) is 0 Å². The average molecular weight is 341 g/mol. The second-order valence-corrected chi connectivity index (χ2v) is 4.81. The van der Waals surface area contributed by atoms with E-state index in [1.807, 2.05) is 42.9 Å². The first-order valence-corrected chi connectivity index (χ1v) is 6.23. The molecular weight excluding hydrogens is 326 g/mol. The second kappa shape index (κ2) is 6.83. The van der Waals surface area contributed by atoms with E-state index in [9.17, 15) is 4.79 Å². The quantitative estimate of drug-likeness (QED) is 0.585. The van der Waals surface area contributed by atoms with Gasteiger partial charge in [-0.05, 0) is 37.3 Å². The zero-order chi connectivity index (χ0) is 13.1. The number of hydrogen-bond acceptors (Lipinski definition) is 1. The molecule has 1 aromatic heterocycles. The molecule has 0 spiro atoms. The van der Waals surface area contributed by atoms with Gasteiger partial charge in [0.2, 0.25) is 11.8 Å². The zero-order valence-corrected chi connectivity index (χ0v) is 13.1. The van der Waals surface area contributed by atoms with Crippen molar-refractivity contribution in [2.45, 2.75) is 19.9 Å². The molecule has 0 aliphatic rings. The van der Waals surface area contributed by atoms with Crippen LogP contribution >= 0.6 is 11.6 Å². The summed E-state index contributed by atoms with van der Waals surface area (Å²) in [4.78, 5) is 12.3. The number of carbonyl (C=O) groups excluding carboxylic acids is 1. The number of aryl methyl sites for hydroxylation is 1. The molecular formula is C15H15BrClNO. The van der Waals surface area contributed by atoms with Crippen LogP contribution in [0, 0.1) is 6.92 Å². The van der Waals surface area contributed by atoms with Crippen molar-refractivity contribution in [2.24, 2.45) is 0 Å². The largest absolute Gasteiger partial charge is 1.00 e. The molecule has 0 radical (unpaired) electrons. The first-order chi connectivity index (χ1) is 8.58. The molecule has 2 nitrogen and oxygen atoms in total. The molecule has 1 atom stereocenters. The number of ketones is 1. The number of Topliss-reactive ketones (excluding diaryl/α,β-unsaturated/α-hetero) is 1. The third-order valence-electron chi connectivity index (χ3n) is 2.93. The molecule has 0 amide bonds. The summed E-state index contributed by atoms with van der Waals surface area (Å²) in [5.41, 5.74) is 1.81. The van der Waals surface area contributed by atoms with Gasteiger partial charge in [-0.1, -0.05) is 11.6 Å². The zero-order valence-electron chi connectivity index (χ0n) is 10.8. The fourth-order valence-electron chi connectivity index (χ4n) is 1.85. The molecule has 1 aromatic carbocycles. The third-order valence-corrected chi connectivity index (χ3v) is 3.18. The summed E-state index contributed by atoms with van der Waals surface area (Å²) in [6.45, 7) is 3.91. The Morgan fingerprint density at radius 1 is 1.21 bits per heavy atom. The van der Waals surface area contributed by atoms with Crippen LogP contribution in [-0.4, -0.2) is 5.78 Å². The maximum absolute atomic E-state index is 12.3. The lowest BCUT2D eigenvalue weighted by molar-refractivity contribution is -0.705. The van der Waals surface area contributed by atoms with Crippen LogP contribution < -0.4 is 21.5 Å². The van der Waals surface area contributed by atoms with E-state index in [1.54, 1.807) is 24.3 Å². The van der Waals surface area contributed by atoms with Crippen LogP contribution in [-0.2, 0) is 0 Å². The predicted octanol–water partition coefficient (Wildman–Crippen LogP) is 0.384. The highest BCUT2D eigenvalue weighted by molar-refractivity contribution is 6.30. The van der Waals surface area contributed by atoms with Crippen LogP contribution in [0.4, 0.5) is 0 Å². The number of nitrogens with zero attached hydrogens (tertiary/aromatic N) is 1. The van der Waals surface area contributed by atoms with Gasteiger partial charge in [-0.3, -0.25) is 4.79 Å². The van der Waals surface area contributed by atoms with Gasteiger partial charge in [0.1, 0.15) is 0 Å². The topological polar surface area (TPSA) is 20.9 Å². The molecule has 4 heteroatoms. The Bertz CT molecular complexity index is 569. The summed E-state index contributed by atoms with van der Waals surface area (Å²) in [7, 11) is 0. The number of rotatable bonds is 3. The van der Waals surface area contributed by atoms with Gasteiger partial charge in [0.05, 0.1) is 0 Å². The van der Waals surface area contributed by atoms with E-state index in [4.69, 9.17) is 11.6 Å². The normalized spacial score (nSPS) is 11.5. The number of halogens is 2. The van der Waals surface area contributed by atoms with E-state index in [1.165, 1.54) is 0 Å². The van der Waals surface area contributed by atoms with E-state index in [-0.39, 0.29) is 28.8 Å². The van der Waals surface area contributed by atoms with Gasteiger partial charge in [-0.25, -0.2) is 0 Å². The summed E-state index contributed by atoms with van der Waals surface area (Å²) in [6.07, 6.45) is 3.88. The SMILES string of the molecule is Cc1ccc[n+](C(C)C(=O)c2ccc(Cl)cc2)c1.[Br-]. The molecule has 1 unspecified atom stereocenters. The maximum atomic E-state index is 12.3. The first-order valence-electron chi connectivity index (χ1n) is 5.85. The molecule has 2 rings (SSSR count). The lowest BCUT2D eigenvalue weighted by Gasteiger charge is -2.06. The van der Waals surface area contributed by atoms with Crippen molar-refractivity contribution in [3.05, 3.63) is 64.9 Å². The highest BCUT2D eigenvalue weighted by atomic mass is 79.9. The standard InChI is InChI=1S/C15H15ClNO.BrH/c1-11-4-3-9-17(10-11)12(2)15(18)13-5-7-14(16)8-6-13;/h3-10,12H,1-2H3;1H/q+1;/p-1. The fraction of sp³-hybridized carbons (Fsp3) is 0.200. The summed E-state index contributed by atoms with van der Waals surface area (Å²) in [5, 5.41) is 0.641. The van der Waals surface area contributed by atoms with Crippen molar-refractivity contribution in [1.29, 1.82) is 0 Å². The molecule has 0 saturated heterocycles. The molecule has 0 fully saturated rings. The van der Waals surface area contributed by atoms with Crippen LogP contribution in [0.15, 0.2) is 48.8 Å². The second-order valence-electron chi connectivity index (χ2n) is 4.38. The van der Waals surface area contributed by atoms with Gasteiger partial charge in [-0.15, -0.1) is 0 Å². The number of pyridine rings is 1. The third kappa shape index (κ3) is 3.88. The van der Waals surface area contributed by atoms with Crippen LogP contribution in [0.5, 0.6) is 0 Å². The van der Waals surface area contributed by atoms with Gasteiger partial charge < -0.3 is 17.0 Å². The van der Waals surface area contributed by atoms with E-state index in [0.717, 1.165) is 5.56 Å². The number of benzene rings is 1.